The molecule has 3 rings (SSSR count). The summed E-state index contributed by atoms with van der Waals surface area (Å²) >= 11 is 6.18. The van der Waals surface area contributed by atoms with Crippen LogP contribution in [0.3, 0.4) is 0 Å². The van der Waals surface area contributed by atoms with E-state index < -0.39 is 0 Å². The molecule has 4 nitrogen and oxygen atoms in total. The number of imidazole rings is 1. The monoisotopic (exact) mass is 300 g/mol. The van der Waals surface area contributed by atoms with Gasteiger partial charge in [0.05, 0.1) is 0 Å². The van der Waals surface area contributed by atoms with Crippen molar-refractivity contribution in [2.45, 2.75) is 26.3 Å². The minimum atomic E-state index is -0.0881. The quantitative estimate of drug-likeness (QED) is 0.769. The van der Waals surface area contributed by atoms with Crippen molar-refractivity contribution in [2.24, 2.45) is 0 Å². The summed E-state index contributed by atoms with van der Waals surface area (Å²) in [6, 6.07) is 10.1. The minimum absolute atomic E-state index is 0.0881. The molecule has 3 aromatic rings. The molecule has 0 spiro atoms. The zero-order chi connectivity index (χ0) is 15.0. The fraction of sp³-hybridized carbons (Fsp3) is 0.250. The Morgan fingerprint density at radius 2 is 1.86 bits per heavy atom. The van der Waals surface area contributed by atoms with Gasteiger partial charge < -0.3 is 5.32 Å². The highest BCUT2D eigenvalue weighted by Gasteiger charge is 2.20. The van der Waals surface area contributed by atoms with Crippen molar-refractivity contribution in [2.75, 3.05) is 5.32 Å². The molecule has 1 N–H and O–H groups in total. The van der Waals surface area contributed by atoms with Crippen LogP contribution in [0.5, 0.6) is 0 Å². The molecule has 0 saturated heterocycles. The van der Waals surface area contributed by atoms with Gasteiger partial charge in [0.15, 0.2) is 10.8 Å². The normalized spacial score (nSPS) is 11.8. The maximum Gasteiger partial charge on any atom is 0.177 e. The first-order valence-electron chi connectivity index (χ1n) is 6.82. The number of nitrogens with zero attached hydrogens (tertiary/aromatic N) is 3. The fourth-order valence-electron chi connectivity index (χ4n) is 2.22. The lowest BCUT2D eigenvalue weighted by molar-refractivity contribution is 0.629. The summed E-state index contributed by atoms with van der Waals surface area (Å²) < 4.78 is 1.95. The molecule has 108 valence electrons. The van der Waals surface area contributed by atoms with Gasteiger partial charge in [0.2, 0.25) is 0 Å². The van der Waals surface area contributed by atoms with E-state index in [1.165, 1.54) is 0 Å². The third-order valence-corrected chi connectivity index (χ3v) is 3.31. The lowest BCUT2D eigenvalue weighted by Crippen LogP contribution is -2.27. The van der Waals surface area contributed by atoms with Gasteiger partial charge in [0, 0.05) is 23.5 Å². The molecule has 0 saturated carbocycles. The van der Waals surface area contributed by atoms with Gasteiger partial charge in [-0.3, -0.25) is 4.40 Å². The Hall–Kier alpha value is -2.07. The molecule has 2 aromatic heterocycles. The van der Waals surface area contributed by atoms with Crippen LogP contribution in [0.2, 0.25) is 5.15 Å². The summed E-state index contributed by atoms with van der Waals surface area (Å²) in [6.45, 7) is 6.35. The molecule has 1 aromatic carbocycles. The zero-order valence-electron chi connectivity index (χ0n) is 12.3. The highest BCUT2D eigenvalue weighted by Crippen LogP contribution is 2.32. The van der Waals surface area contributed by atoms with Gasteiger partial charge in [-0.2, -0.15) is 0 Å². The van der Waals surface area contributed by atoms with E-state index in [4.69, 9.17) is 11.6 Å². The predicted octanol–water partition coefficient (Wildman–Crippen LogP) is 4.26. The average molecular weight is 301 g/mol. The van der Waals surface area contributed by atoms with E-state index >= 15 is 0 Å². The Labute approximate surface area is 128 Å². The van der Waals surface area contributed by atoms with Crippen molar-refractivity contribution < 1.29 is 0 Å². The van der Waals surface area contributed by atoms with E-state index in [0.717, 1.165) is 17.1 Å². The lowest BCUT2D eigenvalue weighted by Gasteiger charge is -2.22. The maximum atomic E-state index is 6.18. The first-order chi connectivity index (χ1) is 9.96. The summed E-state index contributed by atoms with van der Waals surface area (Å²) in [5, 5.41) is 3.91. The van der Waals surface area contributed by atoms with E-state index in [-0.39, 0.29) is 5.54 Å². The second kappa shape index (κ2) is 5.04. The molecule has 0 amide bonds. The van der Waals surface area contributed by atoms with Crippen LogP contribution >= 0.6 is 11.6 Å². The molecule has 2 heterocycles. The smallest absolute Gasteiger partial charge is 0.177 e. The first-order valence-corrected chi connectivity index (χ1v) is 7.20. The number of aromatic nitrogens is 3. The van der Waals surface area contributed by atoms with E-state index in [0.29, 0.717) is 10.8 Å². The Morgan fingerprint density at radius 3 is 2.52 bits per heavy atom. The summed E-state index contributed by atoms with van der Waals surface area (Å²) in [6.07, 6.45) is 3.55. The van der Waals surface area contributed by atoms with E-state index in [1.807, 2.05) is 40.9 Å². The van der Waals surface area contributed by atoms with Crippen molar-refractivity contribution in [3.05, 3.63) is 47.9 Å². The van der Waals surface area contributed by atoms with E-state index in [2.05, 4.69) is 36.1 Å². The predicted molar refractivity (Wildman–Crippen MR) is 86.8 cm³/mol. The number of anilines is 1. The molecular formula is C16H17ClN4. The molecule has 0 aliphatic carbocycles. The van der Waals surface area contributed by atoms with Crippen LogP contribution in [0.1, 0.15) is 20.8 Å². The maximum absolute atomic E-state index is 6.18. The van der Waals surface area contributed by atoms with Crippen molar-refractivity contribution in [3.63, 3.8) is 0 Å². The molecule has 0 aliphatic rings. The summed E-state index contributed by atoms with van der Waals surface area (Å²) in [5.41, 5.74) is 2.49. The van der Waals surface area contributed by atoms with Crippen molar-refractivity contribution in [3.8, 4) is 11.3 Å². The Morgan fingerprint density at radius 1 is 1.14 bits per heavy atom. The molecule has 0 radical (unpaired) electrons. The molecule has 21 heavy (non-hydrogen) atoms. The van der Waals surface area contributed by atoms with Crippen molar-refractivity contribution in [1.82, 2.24) is 14.4 Å². The second-order valence-corrected chi connectivity index (χ2v) is 6.32. The molecule has 0 atom stereocenters. The van der Waals surface area contributed by atoms with Crippen LogP contribution in [0.4, 0.5) is 5.82 Å². The zero-order valence-corrected chi connectivity index (χ0v) is 13.0. The fourth-order valence-corrected chi connectivity index (χ4v) is 2.41. The topological polar surface area (TPSA) is 42.2 Å². The largest absolute Gasteiger partial charge is 0.365 e. The summed E-state index contributed by atoms with van der Waals surface area (Å²) in [7, 11) is 0. The molecular weight excluding hydrogens is 284 g/mol. The number of nitrogens with one attached hydrogen (secondary N) is 1. The minimum Gasteiger partial charge on any atom is -0.365 e. The second-order valence-electron chi connectivity index (χ2n) is 5.96. The van der Waals surface area contributed by atoms with Crippen molar-refractivity contribution in [1.29, 1.82) is 0 Å². The average Bonchev–Trinajstić information content (AvgIpc) is 2.78. The van der Waals surface area contributed by atoms with Crippen LogP contribution in [0, 0.1) is 0 Å². The summed E-state index contributed by atoms with van der Waals surface area (Å²) in [5.74, 6) is 0.924. The van der Waals surface area contributed by atoms with Crippen LogP contribution in [-0.4, -0.2) is 19.9 Å². The third-order valence-electron chi connectivity index (χ3n) is 3.04. The van der Waals surface area contributed by atoms with Crippen LogP contribution < -0.4 is 5.32 Å². The molecule has 5 heteroatoms. The van der Waals surface area contributed by atoms with Crippen LogP contribution in [-0.2, 0) is 0 Å². The lowest BCUT2D eigenvalue weighted by atomic mass is 10.1. The van der Waals surface area contributed by atoms with Gasteiger partial charge in [0.1, 0.15) is 11.5 Å². The number of rotatable bonds is 2. The van der Waals surface area contributed by atoms with Gasteiger partial charge in [-0.25, -0.2) is 9.97 Å². The highest BCUT2D eigenvalue weighted by atomic mass is 35.5. The number of benzene rings is 1. The van der Waals surface area contributed by atoms with Gasteiger partial charge >= 0.3 is 0 Å². The van der Waals surface area contributed by atoms with E-state index in [9.17, 15) is 0 Å². The number of hydrogen-bond donors (Lipinski definition) is 1. The Bertz CT molecular complexity index is 772. The van der Waals surface area contributed by atoms with Gasteiger partial charge in [-0.05, 0) is 20.8 Å². The van der Waals surface area contributed by atoms with Crippen LogP contribution in [0.25, 0.3) is 16.9 Å². The SMILES string of the molecule is CC(C)(C)Nc1c(-c2ccccc2)nc2c(Cl)nccn12. The molecule has 0 bridgehead atoms. The first kappa shape index (κ1) is 13.9. The number of fused-ring (bicyclic) bond motifs is 1. The molecule has 0 unspecified atom stereocenters. The number of halogens is 1. The Balaban J connectivity index is 2.28. The van der Waals surface area contributed by atoms with Gasteiger partial charge in [0.25, 0.3) is 0 Å². The van der Waals surface area contributed by atoms with Gasteiger partial charge in [-0.15, -0.1) is 0 Å². The van der Waals surface area contributed by atoms with Crippen molar-refractivity contribution >= 4 is 23.1 Å². The summed E-state index contributed by atoms with van der Waals surface area (Å²) in [4.78, 5) is 8.78. The van der Waals surface area contributed by atoms with Gasteiger partial charge in [-0.1, -0.05) is 41.9 Å². The number of hydrogen-bond acceptors (Lipinski definition) is 3. The standard InChI is InChI=1S/C16H17ClN4/c1-16(2,3)20-14-12(11-7-5-4-6-8-11)19-15-13(17)18-9-10-21(14)15/h4-10,20H,1-3H3. The third kappa shape index (κ3) is 2.72. The highest BCUT2D eigenvalue weighted by molar-refractivity contribution is 6.32. The Kier molecular flexibility index (Phi) is 3.33. The van der Waals surface area contributed by atoms with Crippen LogP contribution in [0.15, 0.2) is 42.7 Å². The van der Waals surface area contributed by atoms with E-state index in [1.54, 1.807) is 6.20 Å². The molecule has 0 aliphatic heterocycles. The molecule has 0 fully saturated rings.